The van der Waals surface area contributed by atoms with Gasteiger partial charge in [-0.3, -0.25) is 5.84 Å². The van der Waals surface area contributed by atoms with Crippen LogP contribution in [0.1, 0.15) is 18.6 Å². The second-order valence-corrected chi connectivity index (χ2v) is 12.5. The van der Waals surface area contributed by atoms with Gasteiger partial charge in [-0.15, -0.1) is 0 Å². The lowest BCUT2D eigenvalue weighted by atomic mass is 10.1. The summed E-state index contributed by atoms with van der Waals surface area (Å²) in [7, 11) is -3.11. The molecule has 2 aromatic carbocycles. The molecular weight excluding hydrogens is 569 g/mol. The van der Waals surface area contributed by atoms with Crippen molar-refractivity contribution < 1.29 is 22.0 Å². The number of rotatable bonds is 11. The largest absolute Gasteiger partial charge is 0.487 e. The number of hydrazine groups is 1. The number of aromatic nitrogens is 2. The molecule has 12 heteroatoms. The second-order valence-electron chi connectivity index (χ2n) is 9.79. The average Bonchev–Trinajstić information content (AvgIpc) is 3.39. The zero-order valence-corrected chi connectivity index (χ0v) is 23.9. The standard InChI is InChI=1S/C29H29ClFN5O4S/c1-41(37,38)12-11-36(32)16-23-7-10-27(40-23)20-5-8-26-24(14-20)29(34-18-33-26)35-22-6-9-28(25(30)15-22)39-17-19-3-2-4-21(31)13-19/h3,5-10,13-15,18H,2,4,11-12,16-17,32H2,1H3,(H,33,34,35). The lowest BCUT2D eigenvalue weighted by Crippen LogP contribution is -2.34. The number of allylic oxidation sites excluding steroid dienone is 2. The van der Waals surface area contributed by atoms with Crippen molar-refractivity contribution in [2.75, 3.05) is 30.5 Å². The van der Waals surface area contributed by atoms with Gasteiger partial charge in [0.1, 0.15) is 51.7 Å². The van der Waals surface area contributed by atoms with Crippen molar-refractivity contribution in [3.05, 3.63) is 89.2 Å². The molecule has 214 valence electrons. The summed E-state index contributed by atoms with van der Waals surface area (Å²) in [6.45, 7) is 0.701. The van der Waals surface area contributed by atoms with E-state index in [1.54, 1.807) is 12.1 Å². The molecule has 5 rings (SSSR count). The van der Waals surface area contributed by atoms with Gasteiger partial charge in [-0.05, 0) is 66.6 Å². The first-order chi connectivity index (χ1) is 19.6. The zero-order valence-electron chi connectivity index (χ0n) is 22.3. The van der Waals surface area contributed by atoms with Crippen LogP contribution >= 0.6 is 11.6 Å². The maximum absolute atomic E-state index is 13.5. The fourth-order valence-electron chi connectivity index (χ4n) is 4.31. The normalized spacial score (nSPS) is 13.8. The van der Waals surface area contributed by atoms with Crippen LogP contribution in [0.4, 0.5) is 15.9 Å². The zero-order chi connectivity index (χ0) is 29.0. The molecule has 0 fully saturated rings. The first kappa shape index (κ1) is 28.7. The van der Waals surface area contributed by atoms with Gasteiger partial charge >= 0.3 is 0 Å². The third-order valence-corrected chi connectivity index (χ3v) is 7.63. The molecule has 0 spiro atoms. The first-order valence-corrected chi connectivity index (χ1v) is 15.3. The number of halogens is 2. The Hall–Kier alpha value is -3.77. The maximum atomic E-state index is 13.5. The van der Waals surface area contributed by atoms with E-state index in [4.69, 9.17) is 26.6 Å². The third kappa shape index (κ3) is 7.70. The van der Waals surface area contributed by atoms with Gasteiger partial charge in [-0.25, -0.2) is 27.8 Å². The van der Waals surface area contributed by atoms with Crippen molar-refractivity contribution in [2.24, 2.45) is 5.84 Å². The summed E-state index contributed by atoms with van der Waals surface area (Å²) in [6, 6.07) is 14.7. The number of nitrogens with one attached hydrogen (secondary N) is 1. The van der Waals surface area contributed by atoms with Crippen LogP contribution in [-0.4, -0.2) is 48.6 Å². The van der Waals surface area contributed by atoms with Gasteiger partial charge in [0, 0.05) is 35.9 Å². The highest BCUT2D eigenvalue weighted by Gasteiger charge is 2.13. The summed E-state index contributed by atoms with van der Waals surface area (Å²) >= 11 is 6.48. The molecule has 0 saturated heterocycles. The van der Waals surface area contributed by atoms with Crippen LogP contribution in [0, 0.1) is 0 Å². The Morgan fingerprint density at radius 1 is 1.17 bits per heavy atom. The Morgan fingerprint density at radius 3 is 2.80 bits per heavy atom. The Morgan fingerprint density at radius 2 is 2.02 bits per heavy atom. The van der Waals surface area contributed by atoms with E-state index in [2.05, 4.69) is 15.3 Å². The summed E-state index contributed by atoms with van der Waals surface area (Å²) < 4.78 is 48.1. The van der Waals surface area contributed by atoms with Crippen molar-refractivity contribution in [1.82, 2.24) is 15.0 Å². The van der Waals surface area contributed by atoms with Crippen LogP contribution in [0.5, 0.6) is 5.75 Å². The van der Waals surface area contributed by atoms with Gasteiger partial charge in [-0.2, -0.15) is 0 Å². The van der Waals surface area contributed by atoms with Crippen molar-refractivity contribution in [3.63, 3.8) is 0 Å². The van der Waals surface area contributed by atoms with Crippen molar-refractivity contribution in [1.29, 1.82) is 0 Å². The predicted octanol–water partition coefficient (Wildman–Crippen LogP) is 5.96. The molecule has 0 aliphatic heterocycles. The van der Waals surface area contributed by atoms with Crippen LogP contribution in [-0.2, 0) is 16.4 Å². The molecule has 0 radical (unpaired) electrons. The minimum absolute atomic E-state index is 0.0322. The SMILES string of the molecule is CS(=O)(=O)CCN(N)Cc1ccc(-c2ccc3ncnc(Nc4ccc(OCC5=CCCC(F)=C5)c(Cl)c4)c3c2)o1. The molecule has 9 nitrogen and oxygen atoms in total. The lowest BCUT2D eigenvalue weighted by molar-refractivity contribution is 0.266. The van der Waals surface area contributed by atoms with Gasteiger partial charge in [0.15, 0.2) is 0 Å². The van der Waals surface area contributed by atoms with Crippen molar-refractivity contribution in [2.45, 2.75) is 19.4 Å². The number of nitrogens with zero attached hydrogens (tertiary/aromatic N) is 3. The smallest absolute Gasteiger partial charge is 0.148 e. The maximum Gasteiger partial charge on any atom is 0.148 e. The summed E-state index contributed by atoms with van der Waals surface area (Å²) in [5.74, 6) is 8.08. The molecule has 4 aromatic rings. The highest BCUT2D eigenvalue weighted by molar-refractivity contribution is 7.90. The van der Waals surface area contributed by atoms with E-state index in [1.807, 2.05) is 42.5 Å². The molecule has 1 aliphatic rings. The fourth-order valence-corrected chi connectivity index (χ4v) is 5.11. The summed E-state index contributed by atoms with van der Waals surface area (Å²) in [5.41, 5.74) is 3.03. The number of furan rings is 1. The monoisotopic (exact) mass is 597 g/mol. The summed E-state index contributed by atoms with van der Waals surface area (Å²) in [4.78, 5) is 8.80. The third-order valence-electron chi connectivity index (χ3n) is 6.41. The molecule has 41 heavy (non-hydrogen) atoms. The molecule has 2 heterocycles. The summed E-state index contributed by atoms with van der Waals surface area (Å²) in [6.07, 6.45) is 7.20. The van der Waals surface area contributed by atoms with Crippen LogP contribution < -0.4 is 15.9 Å². The Balaban J connectivity index is 1.30. The van der Waals surface area contributed by atoms with E-state index in [-0.39, 0.29) is 31.3 Å². The van der Waals surface area contributed by atoms with Crippen LogP contribution in [0.3, 0.4) is 0 Å². The van der Waals surface area contributed by atoms with Crippen molar-refractivity contribution in [3.8, 4) is 17.1 Å². The number of hydrogen-bond acceptors (Lipinski definition) is 9. The van der Waals surface area contributed by atoms with Crippen LogP contribution in [0.2, 0.25) is 5.02 Å². The molecule has 0 amide bonds. The number of fused-ring (bicyclic) bond motifs is 1. The molecule has 0 unspecified atom stereocenters. The molecule has 0 atom stereocenters. The number of ether oxygens (including phenoxy) is 1. The lowest BCUT2D eigenvalue weighted by Gasteiger charge is -2.14. The van der Waals surface area contributed by atoms with Gasteiger partial charge < -0.3 is 14.5 Å². The Labute approximate surface area is 242 Å². The van der Waals surface area contributed by atoms with Crippen molar-refractivity contribution >= 4 is 43.8 Å². The number of benzene rings is 2. The number of anilines is 2. The number of sulfone groups is 1. The van der Waals surface area contributed by atoms with E-state index in [0.29, 0.717) is 46.6 Å². The van der Waals surface area contributed by atoms with Crippen LogP contribution in [0.25, 0.3) is 22.2 Å². The average molecular weight is 598 g/mol. The molecular formula is C29H29ClFN5O4S. The van der Waals surface area contributed by atoms with Gasteiger partial charge in [0.25, 0.3) is 0 Å². The van der Waals surface area contributed by atoms with E-state index < -0.39 is 9.84 Å². The topological polar surface area (TPSA) is 124 Å². The Bertz CT molecular complexity index is 1740. The number of nitrogens with two attached hydrogens (primary N) is 1. The van der Waals surface area contributed by atoms with E-state index in [0.717, 1.165) is 22.0 Å². The fraction of sp³-hybridized carbons (Fsp3) is 0.241. The quantitative estimate of drug-likeness (QED) is 0.159. The molecule has 1 aliphatic carbocycles. The predicted molar refractivity (Wildman–Crippen MR) is 158 cm³/mol. The van der Waals surface area contributed by atoms with Crippen LogP contribution in [0.15, 0.2) is 82.8 Å². The molecule has 2 aromatic heterocycles. The molecule has 3 N–H and O–H groups in total. The van der Waals surface area contributed by atoms with E-state index in [1.165, 1.54) is 23.7 Å². The molecule has 0 saturated carbocycles. The van der Waals surface area contributed by atoms with Gasteiger partial charge in [0.2, 0.25) is 0 Å². The highest BCUT2D eigenvalue weighted by atomic mass is 35.5. The number of hydrogen-bond donors (Lipinski definition) is 2. The highest BCUT2D eigenvalue weighted by Crippen LogP contribution is 2.33. The van der Waals surface area contributed by atoms with Gasteiger partial charge in [0.05, 0.1) is 22.8 Å². The second kappa shape index (κ2) is 12.4. The minimum atomic E-state index is -3.11. The van der Waals surface area contributed by atoms with E-state index in [9.17, 15) is 12.8 Å². The van der Waals surface area contributed by atoms with E-state index >= 15 is 0 Å². The first-order valence-electron chi connectivity index (χ1n) is 12.9. The Kier molecular flexibility index (Phi) is 8.69. The van der Waals surface area contributed by atoms with Gasteiger partial charge in [-0.1, -0.05) is 17.7 Å². The summed E-state index contributed by atoms with van der Waals surface area (Å²) in [5, 5.41) is 5.88. The minimum Gasteiger partial charge on any atom is -0.487 e. The molecule has 0 bridgehead atoms.